The van der Waals surface area contributed by atoms with Crippen LogP contribution in [0.3, 0.4) is 0 Å². The molecule has 1 N–H and O–H groups in total. The number of ketones is 1. The Morgan fingerprint density at radius 2 is 1.05 bits per heavy atom. The number of nitrogens with one attached hydrogen (secondary N) is 1. The first kappa shape index (κ1) is 40.2. The molecule has 4 aromatic carbocycles. The standard InChI is InChI=1S/C23H23N3O4S.C22H18N2O5S/c1-24-23(16-5-3-2-4-6-16)20-11-17-14-26(15-18(17)13-25-20)31(27,28)19-7-8-21-22(12-19)30-10-9-29-21;25-22(15-4-2-1-3-5-15)19-10-16-13-24(14-17(16)12-23-19)30(26,27)18-6-7-20-21(11-18)29-9-8-28-20/h2-8,11-13,23-24H,9-10,14-15H2,1H3;1-7,10-12H,8-9,13-14H2. The summed E-state index contributed by atoms with van der Waals surface area (Å²) in [6.45, 7) is 2.71. The fourth-order valence-electron chi connectivity index (χ4n) is 7.68. The van der Waals surface area contributed by atoms with Crippen molar-refractivity contribution in [1.82, 2.24) is 23.9 Å². The summed E-state index contributed by atoms with van der Waals surface area (Å²) in [4.78, 5) is 21.9. The number of aromatic nitrogens is 2. The van der Waals surface area contributed by atoms with Crippen LogP contribution in [0.4, 0.5) is 0 Å². The highest BCUT2D eigenvalue weighted by Crippen LogP contribution is 2.37. The molecule has 61 heavy (non-hydrogen) atoms. The smallest absolute Gasteiger partial charge is 0.243 e. The van der Waals surface area contributed by atoms with Gasteiger partial charge in [0.05, 0.1) is 21.5 Å². The number of pyridine rings is 2. The normalized spacial score (nSPS) is 16.1. The van der Waals surface area contributed by atoms with Crippen LogP contribution in [-0.4, -0.2) is 74.7 Å². The number of benzene rings is 4. The van der Waals surface area contributed by atoms with Crippen LogP contribution >= 0.6 is 0 Å². The predicted molar refractivity (Wildman–Crippen MR) is 223 cm³/mol. The number of hydrogen-bond acceptors (Lipinski definition) is 12. The zero-order valence-corrected chi connectivity index (χ0v) is 34.7. The maximum absolute atomic E-state index is 13.3. The number of fused-ring (bicyclic) bond motifs is 4. The molecule has 16 heteroatoms. The summed E-state index contributed by atoms with van der Waals surface area (Å²) in [6, 6.07) is 32.0. The van der Waals surface area contributed by atoms with Crippen LogP contribution in [0.5, 0.6) is 23.0 Å². The van der Waals surface area contributed by atoms with E-state index in [1.807, 2.05) is 37.4 Å². The maximum Gasteiger partial charge on any atom is 0.243 e. The Morgan fingerprint density at radius 1 is 0.574 bits per heavy atom. The Hall–Kier alpha value is -6.17. The van der Waals surface area contributed by atoms with Gasteiger partial charge in [0.25, 0.3) is 0 Å². The van der Waals surface area contributed by atoms with Gasteiger partial charge >= 0.3 is 0 Å². The van der Waals surface area contributed by atoms with E-state index in [2.05, 4.69) is 27.4 Å². The third-order valence-corrected chi connectivity index (χ3v) is 14.4. The zero-order chi connectivity index (χ0) is 42.1. The Kier molecular flexibility index (Phi) is 11.0. The molecule has 0 saturated carbocycles. The Balaban J connectivity index is 0.000000156. The van der Waals surface area contributed by atoms with Gasteiger partial charge in [-0.25, -0.2) is 16.8 Å². The number of ether oxygens (including phenoxy) is 4. The van der Waals surface area contributed by atoms with E-state index in [1.165, 1.54) is 20.7 Å². The topological polar surface area (TPSA) is 167 Å². The molecule has 1 unspecified atom stereocenters. The van der Waals surface area contributed by atoms with E-state index in [9.17, 15) is 21.6 Å². The summed E-state index contributed by atoms with van der Waals surface area (Å²) >= 11 is 0. The van der Waals surface area contributed by atoms with E-state index in [0.717, 1.165) is 33.5 Å². The number of hydrogen-bond donors (Lipinski definition) is 1. The number of carbonyl (C=O) groups excluding carboxylic acids is 1. The van der Waals surface area contributed by atoms with E-state index in [4.69, 9.17) is 18.9 Å². The van der Waals surface area contributed by atoms with Gasteiger partial charge in [0.15, 0.2) is 23.0 Å². The average molecular weight is 860 g/mol. The maximum atomic E-state index is 13.3. The minimum Gasteiger partial charge on any atom is -0.486 e. The fraction of sp³-hybridized carbons (Fsp3) is 0.222. The largest absolute Gasteiger partial charge is 0.486 e. The van der Waals surface area contributed by atoms with E-state index < -0.39 is 20.0 Å². The van der Waals surface area contributed by atoms with Crippen LogP contribution in [0.15, 0.2) is 131 Å². The summed E-state index contributed by atoms with van der Waals surface area (Å²) < 4.78 is 77.8. The second-order valence-electron chi connectivity index (χ2n) is 14.7. The first-order valence-corrected chi connectivity index (χ1v) is 22.5. The SMILES string of the molecule is CNC(c1ccccc1)c1cc2c(cn1)CN(S(=O)(=O)c1ccc3c(c1)OCCO3)C2.O=C(c1ccccc1)c1cc2c(cn1)CN(S(=O)(=O)c1ccc3c(c1)OCCO3)C2. The van der Waals surface area contributed by atoms with Crippen molar-refractivity contribution in [3.05, 3.63) is 166 Å². The second kappa shape index (κ2) is 16.7. The van der Waals surface area contributed by atoms with Gasteiger partial charge in [0.2, 0.25) is 25.8 Å². The molecule has 0 saturated heterocycles. The van der Waals surface area contributed by atoms with Gasteiger partial charge in [-0.1, -0.05) is 60.7 Å². The zero-order valence-electron chi connectivity index (χ0n) is 33.1. The number of nitrogens with zero attached hydrogens (tertiary/aromatic N) is 4. The predicted octanol–water partition coefficient (Wildman–Crippen LogP) is 5.65. The van der Waals surface area contributed by atoms with Crippen LogP contribution in [0.2, 0.25) is 0 Å². The van der Waals surface area contributed by atoms with Crippen LogP contribution < -0.4 is 24.3 Å². The van der Waals surface area contributed by atoms with Gasteiger partial charge in [-0.05, 0) is 71.3 Å². The number of carbonyl (C=O) groups is 1. The molecule has 0 fully saturated rings. The minimum atomic E-state index is -3.74. The van der Waals surface area contributed by atoms with Gasteiger partial charge < -0.3 is 24.3 Å². The molecule has 2 aromatic heterocycles. The summed E-state index contributed by atoms with van der Waals surface area (Å²) in [6.07, 6.45) is 3.38. The van der Waals surface area contributed by atoms with Gasteiger partial charge in [-0.15, -0.1) is 0 Å². The molecule has 4 aliphatic heterocycles. The molecule has 1 atom stereocenters. The molecule has 6 heterocycles. The average Bonchev–Trinajstić information content (AvgIpc) is 3.95. The molecule has 312 valence electrons. The summed E-state index contributed by atoms with van der Waals surface area (Å²) in [5.74, 6) is 1.82. The van der Waals surface area contributed by atoms with Gasteiger partial charge in [-0.3, -0.25) is 14.8 Å². The van der Waals surface area contributed by atoms with Crippen molar-refractivity contribution < 1.29 is 40.6 Å². The van der Waals surface area contributed by atoms with Gasteiger partial charge in [-0.2, -0.15) is 8.61 Å². The van der Waals surface area contributed by atoms with Crippen molar-refractivity contribution in [3.63, 3.8) is 0 Å². The molecule has 0 aliphatic carbocycles. The van der Waals surface area contributed by atoms with Crippen LogP contribution in [0.25, 0.3) is 0 Å². The highest BCUT2D eigenvalue weighted by atomic mass is 32.2. The molecule has 10 rings (SSSR count). The molecular weight excluding hydrogens is 819 g/mol. The van der Waals surface area contributed by atoms with E-state index >= 15 is 0 Å². The third kappa shape index (κ3) is 8.07. The highest BCUT2D eigenvalue weighted by molar-refractivity contribution is 7.89. The van der Waals surface area contributed by atoms with E-state index in [-0.39, 0.29) is 34.7 Å². The lowest BCUT2D eigenvalue weighted by Gasteiger charge is -2.20. The lowest BCUT2D eigenvalue weighted by atomic mass is 10.0. The summed E-state index contributed by atoms with van der Waals surface area (Å²) in [5.41, 5.74) is 6.30. The second-order valence-corrected chi connectivity index (χ2v) is 18.6. The van der Waals surface area contributed by atoms with Crippen LogP contribution in [-0.2, 0) is 46.2 Å². The van der Waals surface area contributed by atoms with Crippen molar-refractivity contribution in [2.45, 2.75) is 42.0 Å². The Labute approximate surface area is 353 Å². The number of sulfonamides is 2. The first-order valence-electron chi connectivity index (χ1n) is 19.7. The van der Waals surface area contributed by atoms with Crippen molar-refractivity contribution in [2.24, 2.45) is 0 Å². The molecule has 6 aromatic rings. The number of rotatable bonds is 9. The Morgan fingerprint density at radius 3 is 1.59 bits per heavy atom. The molecule has 0 radical (unpaired) electrons. The fourth-order valence-corrected chi connectivity index (χ4v) is 10.5. The van der Waals surface area contributed by atoms with Crippen molar-refractivity contribution in [2.75, 3.05) is 33.5 Å². The Bertz CT molecular complexity index is 2850. The van der Waals surface area contributed by atoms with Crippen LogP contribution in [0, 0.1) is 0 Å². The third-order valence-electron chi connectivity index (χ3n) is 10.9. The quantitative estimate of drug-likeness (QED) is 0.178. The van der Waals surface area contributed by atoms with E-state index in [1.54, 1.807) is 67.0 Å². The molecule has 14 nitrogen and oxygen atoms in total. The lowest BCUT2D eigenvalue weighted by Crippen LogP contribution is -2.26. The van der Waals surface area contributed by atoms with Gasteiger partial charge in [0.1, 0.15) is 32.1 Å². The summed E-state index contributed by atoms with van der Waals surface area (Å²) in [5, 5.41) is 3.30. The lowest BCUT2D eigenvalue weighted by molar-refractivity contribution is 0.103. The van der Waals surface area contributed by atoms with Crippen molar-refractivity contribution in [3.8, 4) is 23.0 Å². The molecule has 0 bridgehead atoms. The summed E-state index contributed by atoms with van der Waals surface area (Å²) in [7, 11) is -5.52. The first-order chi connectivity index (χ1) is 29.6. The van der Waals surface area contributed by atoms with Crippen molar-refractivity contribution >= 4 is 25.8 Å². The highest BCUT2D eigenvalue weighted by Gasteiger charge is 2.34. The van der Waals surface area contributed by atoms with Crippen LogP contribution in [0.1, 0.15) is 55.6 Å². The minimum absolute atomic E-state index is 0.0602. The van der Waals surface area contributed by atoms with Crippen molar-refractivity contribution in [1.29, 1.82) is 0 Å². The monoisotopic (exact) mass is 859 g/mol. The molecule has 0 spiro atoms. The molecular formula is C45H41N5O9S2. The molecule has 4 aliphatic rings. The van der Waals surface area contributed by atoms with E-state index in [0.29, 0.717) is 73.8 Å². The molecule has 0 amide bonds. The van der Waals surface area contributed by atoms with Gasteiger partial charge in [0, 0.05) is 56.3 Å².